The third-order valence-electron chi connectivity index (χ3n) is 7.22. The van der Waals surface area contributed by atoms with Crippen molar-refractivity contribution in [2.45, 2.75) is 122 Å². The van der Waals surface area contributed by atoms with E-state index in [4.69, 9.17) is 4.74 Å². The van der Waals surface area contributed by atoms with Crippen molar-refractivity contribution in [3.05, 3.63) is 71.8 Å². The van der Waals surface area contributed by atoms with Gasteiger partial charge in [0.2, 0.25) is 0 Å². The van der Waals surface area contributed by atoms with Gasteiger partial charge < -0.3 is 4.74 Å². The Kier molecular flexibility index (Phi) is 13.4. The van der Waals surface area contributed by atoms with E-state index in [0.717, 1.165) is 19.6 Å². The van der Waals surface area contributed by atoms with Gasteiger partial charge in [0.25, 0.3) is 0 Å². The van der Waals surface area contributed by atoms with Gasteiger partial charge in [-0.3, -0.25) is 4.90 Å². The fourth-order valence-corrected chi connectivity index (χ4v) is 5.08. The van der Waals surface area contributed by atoms with Crippen molar-refractivity contribution < 1.29 is 4.74 Å². The molecule has 0 bridgehead atoms. The minimum atomic E-state index is 0.421. The van der Waals surface area contributed by atoms with Gasteiger partial charge in [-0.2, -0.15) is 0 Å². The average Bonchev–Trinajstić information content (AvgIpc) is 3.60. The van der Waals surface area contributed by atoms with E-state index >= 15 is 0 Å². The molecule has 1 fully saturated rings. The van der Waals surface area contributed by atoms with Gasteiger partial charge in [-0.1, -0.05) is 151 Å². The third kappa shape index (κ3) is 11.7. The Labute approximate surface area is 210 Å². The second-order valence-corrected chi connectivity index (χ2v) is 10.4. The molecule has 34 heavy (non-hydrogen) atoms. The summed E-state index contributed by atoms with van der Waals surface area (Å²) in [4.78, 5) is 2.55. The largest absolute Gasteiger partial charge is 0.368 e. The summed E-state index contributed by atoms with van der Waals surface area (Å²) >= 11 is 0. The summed E-state index contributed by atoms with van der Waals surface area (Å²) in [6.45, 7) is 5.30. The maximum atomic E-state index is 6.09. The molecule has 188 valence electrons. The number of unbranched alkanes of at least 4 members (excludes halogenated alkanes) is 12. The summed E-state index contributed by atoms with van der Waals surface area (Å²) in [5, 5.41) is 0. The number of hydrogen-bond acceptors (Lipinski definition) is 2. The van der Waals surface area contributed by atoms with Crippen LogP contribution in [0.1, 0.15) is 108 Å². The van der Waals surface area contributed by atoms with E-state index in [1.807, 2.05) is 0 Å². The van der Waals surface area contributed by atoms with Crippen LogP contribution in [0, 0.1) is 0 Å². The van der Waals surface area contributed by atoms with E-state index in [9.17, 15) is 0 Å². The zero-order valence-electron chi connectivity index (χ0n) is 21.8. The predicted molar refractivity (Wildman–Crippen MR) is 146 cm³/mol. The van der Waals surface area contributed by atoms with Crippen LogP contribution in [0.2, 0.25) is 0 Å². The molecule has 0 aromatic heterocycles. The molecule has 3 rings (SSSR count). The first-order chi connectivity index (χ1) is 16.8. The van der Waals surface area contributed by atoms with Gasteiger partial charge in [-0.25, -0.2) is 0 Å². The van der Waals surface area contributed by atoms with Crippen LogP contribution in [-0.4, -0.2) is 23.7 Å². The molecule has 1 aliphatic rings. The Morgan fingerprint density at radius 3 is 1.47 bits per heavy atom. The standard InChI is InChI=1S/C32H49NO/c1-2-3-4-5-6-7-8-9-10-11-12-13-20-25-31-32(34-31)28-33(26-29-21-16-14-17-22-29)27-30-23-18-15-19-24-30/h14-19,21-24,31-32H,2-13,20,25-28H2,1H3/t31-,32-/m1/s1. The highest BCUT2D eigenvalue weighted by Crippen LogP contribution is 2.29. The first-order valence-electron chi connectivity index (χ1n) is 14.3. The molecule has 1 saturated heterocycles. The third-order valence-corrected chi connectivity index (χ3v) is 7.22. The summed E-state index contributed by atoms with van der Waals surface area (Å²) < 4.78 is 6.09. The van der Waals surface area contributed by atoms with E-state index < -0.39 is 0 Å². The molecule has 2 nitrogen and oxygen atoms in total. The first-order valence-corrected chi connectivity index (χ1v) is 14.3. The Bertz CT molecular complexity index is 690. The van der Waals surface area contributed by atoms with Gasteiger partial charge in [-0.05, 0) is 17.5 Å². The lowest BCUT2D eigenvalue weighted by atomic mass is 10.0. The predicted octanol–water partition coefficient (Wildman–Crippen LogP) is 8.94. The molecule has 0 amide bonds. The van der Waals surface area contributed by atoms with Gasteiger partial charge in [0.15, 0.2) is 0 Å². The summed E-state index contributed by atoms with van der Waals surface area (Å²) in [5.74, 6) is 0. The Morgan fingerprint density at radius 2 is 1.00 bits per heavy atom. The number of benzene rings is 2. The van der Waals surface area contributed by atoms with E-state index in [-0.39, 0.29) is 0 Å². The van der Waals surface area contributed by atoms with E-state index in [2.05, 4.69) is 72.5 Å². The molecule has 0 unspecified atom stereocenters. The molecule has 2 aromatic rings. The van der Waals surface area contributed by atoms with Crippen LogP contribution >= 0.6 is 0 Å². The van der Waals surface area contributed by atoms with Crippen molar-refractivity contribution in [2.75, 3.05) is 6.54 Å². The summed E-state index contributed by atoms with van der Waals surface area (Å²) in [6, 6.07) is 21.7. The second-order valence-electron chi connectivity index (χ2n) is 10.4. The molecule has 0 radical (unpaired) electrons. The molecule has 0 saturated carbocycles. The molecule has 0 N–H and O–H groups in total. The van der Waals surface area contributed by atoms with Gasteiger partial charge in [0, 0.05) is 19.6 Å². The Morgan fingerprint density at radius 1 is 0.559 bits per heavy atom. The lowest BCUT2D eigenvalue weighted by Crippen LogP contribution is -2.28. The molecule has 1 heterocycles. The molecule has 2 atom stereocenters. The minimum absolute atomic E-state index is 0.421. The van der Waals surface area contributed by atoms with Gasteiger partial charge >= 0.3 is 0 Å². The van der Waals surface area contributed by atoms with Crippen LogP contribution in [0.4, 0.5) is 0 Å². The van der Waals surface area contributed by atoms with Crippen LogP contribution < -0.4 is 0 Å². The highest BCUT2D eigenvalue weighted by atomic mass is 16.6. The van der Waals surface area contributed by atoms with E-state index in [1.54, 1.807) is 0 Å². The van der Waals surface area contributed by atoms with Crippen molar-refractivity contribution in [2.24, 2.45) is 0 Å². The second kappa shape index (κ2) is 16.9. The van der Waals surface area contributed by atoms with Crippen LogP contribution in [0.3, 0.4) is 0 Å². The Hall–Kier alpha value is -1.64. The maximum Gasteiger partial charge on any atom is 0.0968 e. The molecular formula is C32H49NO. The zero-order valence-corrected chi connectivity index (χ0v) is 21.8. The highest BCUT2D eigenvalue weighted by molar-refractivity contribution is 5.17. The summed E-state index contributed by atoms with van der Waals surface area (Å²) in [7, 11) is 0. The monoisotopic (exact) mass is 463 g/mol. The van der Waals surface area contributed by atoms with Gasteiger partial charge in [-0.15, -0.1) is 0 Å². The first kappa shape index (κ1) is 27.0. The molecular weight excluding hydrogens is 414 g/mol. The summed E-state index contributed by atoms with van der Waals surface area (Å²) in [6.07, 6.45) is 20.6. The SMILES string of the molecule is CCCCCCCCCCCCCCC[C@H]1O[C@@H]1CN(Cc1ccccc1)Cc1ccccc1. The van der Waals surface area contributed by atoms with Crippen molar-refractivity contribution >= 4 is 0 Å². The van der Waals surface area contributed by atoms with E-state index in [1.165, 1.54) is 101 Å². The molecule has 0 spiro atoms. The van der Waals surface area contributed by atoms with Crippen LogP contribution in [0.5, 0.6) is 0 Å². The lowest BCUT2D eigenvalue weighted by molar-refractivity contribution is 0.226. The van der Waals surface area contributed by atoms with Gasteiger partial charge in [0.05, 0.1) is 12.2 Å². The summed E-state index contributed by atoms with van der Waals surface area (Å²) in [5.41, 5.74) is 2.76. The molecule has 0 aliphatic carbocycles. The highest BCUT2D eigenvalue weighted by Gasteiger charge is 2.39. The van der Waals surface area contributed by atoms with Crippen molar-refractivity contribution in [1.29, 1.82) is 0 Å². The van der Waals surface area contributed by atoms with Gasteiger partial charge in [0.1, 0.15) is 0 Å². The number of hydrogen-bond donors (Lipinski definition) is 0. The van der Waals surface area contributed by atoms with Crippen LogP contribution in [-0.2, 0) is 17.8 Å². The zero-order chi connectivity index (χ0) is 23.7. The van der Waals surface area contributed by atoms with Crippen molar-refractivity contribution in [3.8, 4) is 0 Å². The Balaban J connectivity index is 1.23. The number of ether oxygens (including phenoxy) is 1. The minimum Gasteiger partial charge on any atom is -0.368 e. The smallest absolute Gasteiger partial charge is 0.0968 e. The topological polar surface area (TPSA) is 15.8 Å². The molecule has 2 aromatic carbocycles. The quantitative estimate of drug-likeness (QED) is 0.144. The molecule has 1 aliphatic heterocycles. The van der Waals surface area contributed by atoms with Crippen molar-refractivity contribution in [1.82, 2.24) is 4.90 Å². The fourth-order valence-electron chi connectivity index (χ4n) is 5.08. The fraction of sp³-hybridized carbons (Fsp3) is 0.625. The van der Waals surface area contributed by atoms with Crippen molar-refractivity contribution in [3.63, 3.8) is 0 Å². The normalized spacial score (nSPS) is 17.4. The van der Waals surface area contributed by atoms with Crippen LogP contribution in [0.15, 0.2) is 60.7 Å². The molecule has 2 heteroatoms. The average molecular weight is 464 g/mol. The number of nitrogens with zero attached hydrogens (tertiary/aromatic N) is 1. The number of epoxide rings is 1. The number of rotatable bonds is 20. The lowest BCUT2D eigenvalue weighted by Gasteiger charge is -2.22. The maximum absolute atomic E-state index is 6.09. The van der Waals surface area contributed by atoms with Crippen LogP contribution in [0.25, 0.3) is 0 Å². The van der Waals surface area contributed by atoms with E-state index in [0.29, 0.717) is 12.2 Å².